The minimum atomic E-state index is -1.19. The van der Waals surface area contributed by atoms with Crippen LogP contribution in [0.15, 0.2) is 11.6 Å². The lowest BCUT2D eigenvalue weighted by Crippen LogP contribution is -2.54. The third-order valence-corrected chi connectivity index (χ3v) is 8.26. The van der Waals surface area contributed by atoms with Crippen LogP contribution in [0.4, 0.5) is 4.39 Å². The van der Waals surface area contributed by atoms with Crippen LogP contribution in [-0.4, -0.2) is 22.7 Å². The Labute approximate surface area is 138 Å². The molecule has 3 saturated carbocycles. The van der Waals surface area contributed by atoms with E-state index >= 15 is 0 Å². The van der Waals surface area contributed by atoms with E-state index in [9.17, 15) is 14.3 Å². The Hall–Kier alpha value is -0.700. The van der Waals surface area contributed by atoms with Crippen molar-refractivity contribution in [2.75, 3.05) is 0 Å². The molecule has 0 aromatic rings. The maximum atomic E-state index is 14.6. The first-order valence-electron chi connectivity index (χ1n) is 9.35. The molecule has 3 heteroatoms. The van der Waals surface area contributed by atoms with Gasteiger partial charge in [-0.15, -0.1) is 0 Å². The fourth-order valence-corrected chi connectivity index (χ4v) is 6.79. The highest BCUT2D eigenvalue weighted by molar-refractivity contribution is 5.91. The summed E-state index contributed by atoms with van der Waals surface area (Å²) < 4.78 is 14.6. The zero-order valence-corrected chi connectivity index (χ0v) is 14.5. The molecule has 0 amide bonds. The Morgan fingerprint density at radius 1 is 1.30 bits per heavy atom. The van der Waals surface area contributed by atoms with Gasteiger partial charge in [-0.05, 0) is 74.7 Å². The second-order valence-electron chi connectivity index (χ2n) is 9.17. The average Bonchev–Trinajstić information content (AvgIpc) is 2.66. The summed E-state index contributed by atoms with van der Waals surface area (Å²) >= 11 is 0. The molecule has 4 aliphatic carbocycles. The van der Waals surface area contributed by atoms with Gasteiger partial charge in [-0.1, -0.05) is 19.4 Å². The molecule has 0 aromatic heterocycles. The fraction of sp³-hybridized carbons (Fsp3) is 0.850. The van der Waals surface area contributed by atoms with Crippen LogP contribution >= 0.6 is 0 Å². The van der Waals surface area contributed by atoms with E-state index in [1.165, 1.54) is 5.57 Å². The number of carbonyl (C=O) groups excluding carboxylic acids is 1. The summed E-state index contributed by atoms with van der Waals surface area (Å²) in [5, 5.41) is 10.8. The Bertz CT molecular complexity index is 566. The molecule has 2 nitrogen and oxygen atoms in total. The molecule has 0 bridgehead atoms. The van der Waals surface area contributed by atoms with Crippen LogP contribution in [0.25, 0.3) is 0 Å². The zero-order valence-electron chi connectivity index (χ0n) is 14.5. The highest BCUT2D eigenvalue weighted by Crippen LogP contribution is 2.66. The zero-order chi connectivity index (χ0) is 16.6. The monoisotopic (exact) mass is 320 g/mol. The van der Waals surface area contributed by atoms with Crippen molar-refractivity contribution in [2.45, 2.75) is 71.1 Å². The quantitative estimate of drug-likeness (QED) is 0.730. The van der Waals surface area contributed by atoms with Gasteiger partial charge in [0, 0.05) is 11.8 Å². The lowest BCUT2D eigenvalue weighted by Gasteiger charge is -2.57. The van der Waals surface area contributed by atoms with Crippen molar-refractivity contribution in [1.29, 1.82) is 0 Å². The maximum Gasteiger partial charge on any atom is 0.155 e. The molecule has 3 fully saturated rings. The summed E-state index contributed by atoms with van der Waals surface area (Å²) in [6.07, 6.45) is 5.96. The predicted octanol–water partition coefficient (Wildman–Crippen LogP) is 4.07. The third-order valence-electron chi connectivity index (χ3n) is 8.26. The molecule has 4 aliphatic rings. The van der Waals surface area contributed by atoms with Gasteiger partial charge in [-0.25, -0.2) is 4.39 Å². The second kappa shape index (κ2) is 4.91. The van der Waals surface area contributed by atoms with E-state index in [0.29, 0.717) is 36.5 Å². The van der Waals surface area contributed by atoms with Crippen LogP contribution < -0.4 is 0 Å². The molecule has 23 heavy (non-hydrogen) atoms. The van der Waals surface area contributed by atoms with Gasteiger partial charge in [0.15, 0.2) is 5.78 Å². The van der Waals surface area contributed by atoms with E-state index in [0.717, 1.165) is 25.7 Å². The number of hydrogen-bond donors (Lipinski definition) is 1. The van der Waals surface area contributed by atoms with Crippen LogP contribution in [0, 0.1) is 35.0 Å². The van der Waals surface area contributed by atoms with Gasteiger partial charge in [0.2, 0.25) is 0 Å². The standard InChI is InChI=1S/C20H29FO2/c1-11-8-12-9-13(22)4-5-14(12)15-6-7-19(2)16(18(11)15)10-17(21)20(19,3)23/h9,11,14-18,23H,4-8,10H2,1-3H3/t11-,14+,15?,16?,17+,18?,19+,20+/m1/s1. The number of hydrogen-bond acceptors (Lipinski definition) is 2. The van der Waals surface area contributed by atoms with Gasteiger partial charge in [0.1, 0.15) is 6.17 Å². The Morgan fingerprint density at radius 3 is 2.78 bits per heavy atom. The first kappa shape index (κ1) is 15.8. The van der Waals surface area contributed by atoms with Crippen molar-refractivity contribution in [3.8, 4) is 0 Å². The first-order chi connectivity index (χ1) is 10.8. The van der Waals surface area contributed by atoms with E-state index in [-0.39, 0.29) is 17.1 Å². The van der Waals surface area contributed by atoms with E-state index < -0.39 is 11.8 Å². The number of allylic oxidation sites excluding steroid dienone is 1. The maximum absolute atomic E-state index is 14.6. The van der Waals surface area contributed by atoms with Crippen molar-refractivity contribution in [3.05, 3.63) is 11.6 Å². The molecular formula is C20H29FO2. The van der Waals surface area contributed by atoms with Crippen molar-refractivity contribution in [2.24, 2.45) is 35.0 Å². The number of rotatable bonds is 0. The number of alkyl halides is 1. The van der Waals surface area contributed by atoms with E-state index in [1.807, 2.05) is 6.08 Å². The minimum absolute atomic E-state index is 0.278. The van der Waals surface area contributed by atoms with Crippen LogP contribution in [0.5, 0.6) is 0 Å². The minimum Gasteiger partial charge on any atom is -0.387 e. The Balaban J connectivity index is 1.71. The van der Waals surface area contributed by atoms with Crippen molar-refractivity contribution < 1.29 is 14.3 Å². The molecule has 0 aliphatic heterocycles. The smallest absolute Gasteiger partial charge is 0.155 e. The van der Waals surface area contributed by atoms with E-state index in [2.05, 4.69) is 13.8 Å². The van der Waals surface area contributed by atoms with Gasteiger partial charge in [-0.3, -0.25) is 4.79 Å². The summed E-state index contributed by atoms with van der Waals surface area (Å²) in [5.74, 6) is 2.66. The fourth-order valence-electron chi connectivity index (χ4n) is 6.79. The summed E-state index contributed by atoms with van der Waals surface area (Å²) in [6.45, 7) is 6.12. The second-order valence-corrected chi connectivity index (χ2v) is 9.17. The molecule has 0 radical (unpaired) electrons. The normalized spacial score (nSPS) is 55.7. The largest absolute Gasteiger partial charge is 0.387 e. The average molecular weight is 320 g/mol. The molecular weight excluding hydrogens is 291 g/mol. The molecule has 3 unspecified atom stereocenters. The van der Waals surface area contributed by atoms with E-state index in [4.69, 9.17) is 0 Å². The van der Waals surface area contributed by atoms with Crippen LogP contribution in [0.1, 0.15) is 59.3 Å². The summed E-state index contributed by atoms with van der Waals surface area (Å²) in [7, 11) is 0. The molecule has 0 spiro atoms. The van der Waals surface area contributed by atoms with Gasteiger partial charge < -0.3 is 5.11 Å². The molecule has 4 rings (SSSR count). The highest BCUT2D eigenvalue weighted by Gasteiger charge is 2.65. The molecule has 128 valence electrons. The topological polar surface area (TPSA) is 37.3 Å². The Kier molecular flexibility index (Phi) is 3.37. The highest BCUT2D eigenvalue weighted by atomic mass is 19.1. The van der Waals surface area contributed by atoms with Gasteiger partial charge in [0.25, 0.3) is 0 Å². The van der Waals surface area contributed by atoms with Crippen LogP contribution in [0.2, 0.25) is 0 Å². The molecule has 8 atom stereocenters. The number of fused-ring (bicyclic) bond motifs is 5. The number of carbonyl (C=O) groups is 1. The molecule has 1 N–H and O–H groups in total. The first-order valence-corrected chi connectivity index (χ1v) is 9.35. The van der Waals surface area contributed by atoms with Crippen molar-refractivity contribution in [1.82, 2.24) is 0 Å². The SMILES string of the molecule is C[C@@H]1CC2=CC(=O)CC[C@@H]2C2CC[C@@]3(C)C(C[C@H](F)[C@]3(C)O)C21. The molecule has 0 heterocycles. The molecule has 0 aromatic carbocycles. The summed E-state index contributed by atoms with van der Waals surface area (Å²) in [6, 6.07) is 0. The number of aliphatic hydroxyl groups is 1. The van der Waals surface area contributed by atoms with Crippen molar-refractivity contribution in [3.63, 3.8) is 0 Å². The van der Waals surface area contributed by atoms with Gasteiger partial charge in [-0.2, -0.15) is 0 Å². The summed E-state index contributed by atoms with van der Waals surface area (Å²) in [5.41, 5.74) is -0.130. The Morgan fingerprint density at radius 2 is 2.04 bits per heavy atom. The van der Waals surface area contributed by atoms with E-state index in [1.54, 1.807) is 6.92 Å². The molecule has 0 saturated heterocycles. The lowest BCUT2D eigenvalue weighted by atomic mass is 9.48. The van der Waals surface area contributed by atoms with Crippen LogP contribution in [-0.2, 0) is 4.79 Å². The predicted molar refractivity (Wildman–Crippen MR) is 87.5 cm³/mol. The van der Waals surface area contributed by atoms with Gasteiger partial charge in [0.05, 0.1) is 5.60 Å². The van der Waals surface area contributed by atoms with Gasteiger partial charge >= 0.3 is 0 Å². The van der Waals surface area contributed by atoms with Crippen LogP contribution in [0.3, 0.4) is 0 Å². The lowest BCUT2D eigenvalue weighted by molar-refractivity contribution is -0.132. The third kappa shape index (κ3) is 1.98. The number of ketones is 1. The van der Waals surface area contributed by atoms with Crippen molar-refractivity contribution >= 4 is 5.78 Å². The number of halogens is 1. The summed E-state index contributed by atoms with van der Waals surface area (Å²) in [4.78, 5) is 11.8.